The molecule has 2 heterocycles. The number of rotatable bonds is 1. The van der Waals surface area contributed by atoms with Gasteiger partial charge in [-0.1, -0.05) is 0 Å². The Kier molecular flexibility index (Phi) is 3.79. The third-order valence-electron chi connectivity index (χ3n) is 3.06. The van der Waals surface area contributed by atoms with Crippen LogP contribution in [0.4, 0.5) is 24.9 Å². The molecule has 0 aliphatic carbocycles. The lowest BCUT2D eigenvalue weighted by atomic mass is 10.3. The number of alkyl halides is 3. The highest BCUT2D eigenvalue weighted by Gasteiger charge is 2.34. The fourth-order valence-corrected chi connectivity index (χ4v) is 2.04. The van der Waals surface area contributed by atoms with Crippen molar-refractivity contribution < 1.29 is 13.2 Å². The van der Waals surface area contributed by atoms with Crippen LogP contribution in [0.3, 0.4) is 0 Å². The van der Waals surface area contributed by atoms with Gasteiger partial charge in [-0.25, -0.2) is 4.98 Å². The number of aromatic nitrogens is 2. The molecule has 0 spiro atoms. The van der Waals surface area contributed by atoms with Crippen molar-refractivity contribution >= 4 is 11.8 Å². The Morgan fingerprint density at radius 3 is 2.58 bits per heavy atom. The zero-order chi connectivity index (χ0) is 14.0. The monoisotopic (exact) mass is 275 g/mol. The van der Waals surface area contributed by atoms with Gasteiger partial charge in [-0.3, -0.25) is 0 Å². The summed E-state index contributed by atoms with van der Waals surface area (Å²) in [4.78, 5) is 11.1. The van der Waals surface area contributed by atoms with Gasteiger partial charge < -0.3 is 15.5 Å². The van der Waals surface area contributed by atoms with Gasteiger partial charge in [0.2, 0.25) is 5.95 Å². The summed E-state index contributed by atoms with van der Waals surface area (Å²) in [7, 11) is 1.99. The van der Waals surface area contributed by atoms with Crippen molar-refractivity contribution in [2.24, 2.45) is 0 Å². The van der Waals surface area contributed by atoms with Crippen molar-refractivity contribution in [1.29, 1.82) is 0 Å². The van der Waals surface area contributed by atoms with Gasteiger partial charge in [-0.15, -0.1) is 0 Å². The van der Waals surface area contributed by atoms with Crippen LogP contribution in [0.2, 0.25) is 0 Å². The molecule has 5 nitrogen and oxygen atoms in total. The van der Waals surface area contributed by atoms with Crippen LogP contribution in [0.15, 0.2) is 6.07 Å². The molecule has 1 saturated heterocycles. The van der Waals surface area contributed by atoms with Crippen molar-refractivity contribution in [1.82, 2.24) is 14.9 Å². The molecule has 0 atom stereocenters. The first-order valence-corrected chi connectivity index (χ1v) is 6.01. The van der Waals surface area contributed by atoms with Crippen molar-refractivity contribution in [2.75, 3.05) is 43.9 Å². The Morgan fingerprint density at radius 2 is 1.89 bits per heavy atom. The Bertz CT molecular complexity index is 448. The molecule has 1 aromatic rings. The van der Waals surface area contributed by atoms with Crippen LogP contribution in [0.25, 0.3) is 0 Å². The summed E-state index contributed by atoms with van der Waals surface area (Å²) in [6.07, 6.45) is -3.63. The lowest BCUT2D eigenvalue weighted by molar-refractivity contribution is -0.141. The zero-order valence-electron chi connectivity index (χ0n) is 10.6. The van der Waals surface area contributed by atoms with Crippen LogP contribution in [-0.4, -0.2) is 48.1 Å². The lowest BCUT2D eigenvalue weighted by Gasteiger charge is -2.22. The first-order chi connectivity index (χ1) is 8.86. The second kappa shape index (κ2) is 5.20. The minimum absolute atomic E-state index is 0.245. The highest BCUT2D eigenvalue weighted by Crippen LogP contribution is 2.30. The zero-order valence-corrected chi connectivity index (χ0v) is 10.6. The Labute approximate surface area is 109 Å². The van der Waals surface area contributed by atoms with Crippen molar-refractivity contribution in [3.8, 4) is 0 Å². The number of nitrogen functional groups attached to an aromatic ring is 1. The Balaban J connectivity index is 2.26. The van der Waals surface area contributed by atoms with Gasteiger partial charge in [0, 0.05) is 25.7 Å². The van der Waals surface area contributed by atoms with E-state index in [4.69, 9.17) is 5.73 Å². The molecule has 1 aliphatic rings. The number of hydrogen-bond acceptors (Lipinski definition) is 5. The minimum Gasteiger partial charge on any atom is -0.368 e. The average molecular weight is 275 g/mol. The largest absolute Gasteiger partial charge is 0.433 e. The van der Waals surface area contributed by atoms with E-state index in [0.717, 1.165) is 25.6 Å². The van der Waals surface area contributed by atoms with Crippen LogP contribution >= 0.6 is 0 Å². The highest BCUT2D eigenvalue weighted by atomic mass is 19.4. The predicted octanol–water partition coefficient (Wildman–Crippen LogP) is 1.22. The van der Waals surface area contributed by atoms with Gasteiger partial charge >= 0.3 is 6.18 Å². The first-order valence-electron chi connectivity index (χ1n) is 6.01. The quantitative estimate of drug-likeness (QED) is 0.835. The molecule has 0 bridgehead atoms. The molecule has 8 heteroatoms. The van der Waals surface area contributed by atoms with E-state index in [1.165, 1.54) is 0 Å². The maximum atomic E-state index is 12.7. The highest BCUT2D eigenvalue weighted by molar-refractivity contribution is 5.44. The molecule has 2 rings (SSSR count). The number of halogens is 3. The molecule has 1 aliphatic heterocycles. The SMILES string of the molecule is CN1CCCN(c2cc(C(F)(F)F)nc(N)n2)CC1. The molecule has 0 unspecified atom stereocenters. The van der Waals surface area contributed by atoms with Crippen LogP contribution < -0.4 is 10.6 Å². The van der Waals surface area contributed by atoms with Crippen LogP contribution in [0.1, 0.15) is 12.1 Å². The molecule has 1 aromatic heterocycles. The van der Waals surface area contributed by atoms with Gasteiger partial charge in [-0.05, 0) is 20.0 Å². The average Bonchev–Trinajstić information content (AvgIpc) is 2.52. The van der Waals surface area contributed by atoms with Gasteiger partial charge in [0.1, 0.15) is 5.82 Å². The standard InChI is InChI=1S/C11H16F3N5/c1-18-3-2-4-19(6-5-18)9-7-8(11(12,13)14)16-10(15)17-9/h7H,2-6H2,1H3,(H2,15,16,17). The summed E-state index contributed by atoms with van der Waals surface area (Å²) in [5.41, 5.74) is 4.38. The van der Waals surface area contributed by atoms with E-state index in [1.54, 1.807) is 0 Å². The van der Waals surface area contributed by atoms with E-state index in [9.17, 15) is 13.2 Å². The molecule has 106 valence electrons. The maximum Gasteiger partial charge on any atom is 0.433 e. The molecule has 0 saturated carbocycles. The van der Waals surface area contributed by atoms with E-state index in [-0.39, 0.29) is 11.8 Å². The van der Waals surface area contributed by atoms with Gasteiger partial charge in [0.15, 0.2) is 5.69 Å². The minimum atomic E-state index is -4.51. The first kappa shape index (κ1) is 13.9. The molecule has 0 amide bonds. The molecule has 2 N–H and O–H groups in total. The Hall–Kier alpha value is -1.57. The summed E-state index contributed by atoms with van der Waals surface area (Å²) in [5, 5.41) is 0. The van der Waals surface area contributed by atoms with E-state index < -0.39 is 11.9 Å². The summed E-state index contributed by atoms with van der Waals surface area (Å²) in [6, 6.07) is 0.960. The summed E-state index contributed by atoms with van der Waals surface area (Å²) < 4.78 is 38.1. The summed E-state index contributed by atoms with van der Waals surface area (Å²) >= 11 is 0. The molecular weight excluding hydrogens is 259 g/mol. The topological polar surface area (TPSA) is 58.3 Å². The number of nitrogens with zero attached hydrogens (tertiary/aromatic N) is 4. The smallest absolute Gasteiger partial charge is 0.368 e. The fourth-order valence-electron chi connectivity index (χ4n) is 2.04. The maximum absolute atomic E-state index is 12.7. The van der Waals surface area contributed by atoms with Gasteiger partial charge in [0.05, 0.1) is 0 Å². The molecule has 0 aromatic carbocycles. The number of hydrogen-bond donors (Lipinski definition) is 1. The molecule has 1 fully saturated rings. The molecule has 0 radical (unpaired) electrons. The van der Waals surface area contributed by atoms with E-state index in [0.29, 0.717) is 13.1 Å². The number of likely N-dealkylation sites (N-methyl/N-ethyl adjacent to an activating group) is 1. The van der Waals surface area contributed by atoms with Crippen LogP contribution in [0, 0.1) is 0 Å². The molecular formula is C11H16F3N5. The summed E-state index contributed by atoms with van der Waals surface area (Å²) in [6.45, 7) is 3.00. The normalized spacial score (nSPS) is 18.4. The second-order valence-corrected chi connectivity index (χ2v) is 4.61. The van der Waals surface area contributed by atoms with Gasteiger partial charge in [-0.2, -0.15) is 18.2 Å². The third kappa shape index (κ3) is 3.46. The number of anilines is 2. The fraction of sp³-hybridized carbons (Fsp3) is 0.636. The second-order valence-electron chi connectivity index (χ2n) is 4.61. The van der Waals surface area contributed by atoms with Crippen LogP contribution in [0.5, 0.6) is 0 Å². The number of nitrogens with two attached hydrogens (primary N) is 1. The lowest BCUT2D eigenvalue weighted by Crippen LogP contribution is -2.30. The van der Waals surface area contributed by atoms with Crippen molar-refractivity contribution in [2.45, 2.75) is 12.6 Å². The van der Waals surface area contributed by atoms with Crippen molar-refractivity contribution in [3.63, 3.8) is 0 Å². The van der Waals surface area contributed by atoms with E-state index >= 15 is 0 Å². The van der Waals surface area contributed by atoms with Gasteiger partial charge in [0.25, 0.3) is 0 Å². The third-order valence-corrected chi connectivity index (χ3v) is 3.06. The van der Waals surface area contributed by atoms with Crippen LogP contribution in [-0.2, 0) is 6.18 Å². The van der Waals surface area contributed by atoms with E-state index in [2.05, 4.69) is 14.9 Å². The Morgan fingerprint density at radius 1 is 1.16 bits per heavy atom. The molecule has 19 heavy (non-hydrogen) atoms. The predicted molar refractivity (Wildman–Crippen MR) is 65.8 cm³/mol. The van der Waals surface area contributed by atoms with E-state index in [1.807, 2.05) is 11.9 Å². The van der Waals surface area contributed by atoms with Crippen molar-refractivity contribution in [3.05, 3.63) is 11.8 Å². The summed E-state index contributed by atoms with van der Waals surface area (Å²) in [5.74, 6) is -0.0995.